The van der Waals surface area contributed by atoms with Gasteiger partial charge in [-0.2, -0.15) is 5.10 Å². The minimum Gasteiger partial charge on any atom is -0.340 e. The van der Waals surface area contributed by atoms with E-state index in [9.17, 15) is 13.2 Å². The number of anilines is 2. The van der Waals surface area contributed by atoms with E-state index in [0.717, 1.165) is 16.6 Å². The van der Waals surface area contributed by atoms with E-state index in [0.29, 0.717) is 28.6 Å². The molecule has 0 saturated heterocycles. The predicted molar refractivity (Wildman–Crippen MR) is 139 cm³/mol. The van der Waals surface area contributed by atoms with Gasteiger partial charge >= 0.3 is 0 Å². The molecule has 0 aliphatic heterocycles. The summed E-state index contributed by atoms with van der Waals surface area (Å²) in [4.78, 5) is 16.2. The summed E-state index contributed by atoms with van der Waals surface area (Å²) in [5.41, 5.74) is 2.93. The number of nitrogens with one attached hydrogen (secondary N) is 3. The molecule has 3 N–H and O–H groups in total. The Labute approximate surface area is 211 Å². The SMILES string of the molecule is O=c1ccccn1Cc1ccc(Nc2cc(S(=O)(=O)NCc3[nH]nc4ccc(Cl)cc34)ccn2)cc1. The van der Waals surface area contributed by atoms with Gasteiger partial charge in [0.25, 0.3) is 5.56 Å². The van der Waals surface area contributed by atoms with Gasteiger partial charge in [-0.3, -0.25) is 9.89 Å². The molecule has 182 valence electrons. The monoisotopic (exact) mass is 520 g/mol. The summed E-state index contributed by atoms with van der Waals surface area (Å²) in [7, 11) is -3.82. The number of pyridine rings is 2. The van der Waals surface area contributed by atoms with Crippen LogP contribution < -0.4 is 15.6 Å². The zero-order valence-corrected chi connectivity index (χ0v) is 20.4. The van der Waals surface area contributed by atoms with E-state index >= 15 is 0 Å². The van der Waals surface area contributed by atoms with Crippen molar-refractivity contribution in [2.45, 2.75) is 18.0 Å². The van der Waals surface area contributed by atoms with Gasteiger partial charge in [0.1, 0.15) is 5.82 Å². The summed E-state index contributed by atoms with van der Waals surface area (Å²) >= 11 is 6.06. The lowest BCUT2D eigenvalue weighted by Gasteiger charge is -2.10. The Bertz CT molecular complexity index is 1700. The van der Waals surface area contributed by atoms with Crippen LogP contribution in [0.4, 0.5) is 11.5 Å². The highest BCUT2D eigenvalue weighted by Gasteiger charge is 2.16. The first-order valence-electron chi connectivity index (χ1n) is 11.0. The summed E-state index contributed by atoms with van der Waals surface area (Å²) in [6, 6.07) is 20.6. The van der Waals surface area contributed by atoms with E-state index in [2.05, 4.69) is 25.2 Å². The maximum Gasteiger partial charge on any atom is 0.250 e. The number of nitrogens with zero attached hydrogens (tertiary/aromatic N) is 3. The molecule has 11 heteroatoms. The van der Waals surface area contributed by atoms with Crippen LogP contribution in [0.25, 0.3) is 10.9 Å². The molecule has 0 aliphatic rings. The second-order valence-corrected chi connectivity index (χ2v) is 10.3. The number of aromatic amines is 1. The molecule has 5 rings (SSSR count). The molecular formula is C25H21ClN6O3S. The number of hydrogen-bond acceptors (Lipinski definition) is 6. The van der Waals surface area contributed by atoms with E-state index in [1.165, 1.54) is 24.4 Å². The number of aromatic nitrogens is 4. The lowest BCUT2D eigenvalue weighted by Crippen LogP contribution is -2.23. The molecule has 0 unspecified atom stereocenters. The van der Waals surface area contributed by atoms with Crippen molar-refractivity contribution >= 4 is 44.0 Å². The lowest BCUT2D eigenvalue weighted by molar-refractivity contribution is 0.580. The molecule has 3 aromatic heterocycles. The molecule has 0 radical (unpaired) electrons. The quantitative estimate of drug-likeness (QED) is 0.284. The van der Waals surface area contributed by atoms with Crippen molar-refractivity contribution in [1.82, 2.24) is 24.5 Å². The Morgan fingerprint density at radius 2 is 1.83 bits per heavy atom. The number of sulfonamides is 1. The molecule has 0 amide bonds. The highest BCUT2D eigenvalue weighted by molar-refractivity contribution is 7.89. The van der Waals surface area contributed by atoms with Crippen LogP contribution in [0.2, 0.25) is 5.02 Å². The Morgan fingerprint density at radius 1 is 1.00 bits per heavy atom. The molecule has 0 bridgehead atoms. The second kappa shape index (κ2) is 9.94. The van der Waals surface area contributed by atoms with Crippen molar-refractivity contribution in [3.63, 3.8) is 0 Å². The number of halogens is 1. The number of hydrogen-bond donors (Lipinski definition) is 3. The van der Waals surface area contributed by atoms with Crippen molar-refractivity contribution in [2.75, 3.05) is 5.32 Å². The van der Waals surface area contributed by atoms with E-state index in [1.807, 2.05) is 30.3 Å². The largest absolute Gasteiger partial charge is 0.340 e. The third-order valence-electron chi connectivity index (χ3n) is 5.55. The van der Waals surface area contributed by atoms with Crippen LogP contribution in [0.1, 0.15) is 11.3 Å². The Balaban J connectivity index is 1.27. The fraction of sp³-hybridized carbons (Fsp3) is 0.0800. The summed E-state index contributed by atoms with van der Waals surface area (Å²) in [5, 5.41) is 11.4. The van der Waals surface area contributed by atoms with Crippen LogP contribution in [-0.2, 0) is 23.1 Å². The first-order chi connectivity index (χ1) is 17.4. The number of H-pyrrole nitrogens is 1. The van der Waals surface area contributed by atoms with Gasteiger partial charge in [0.05, 0.1) is 29.2 Å². The number of rotatable bonds is 8. The average Bonchev–Trinajstić information content (AvgIpc) is 3.28. The Morgan fingerprint density at radius 3 is 2.64 bits per heavy atom. The molecule has 5 aromatic rings. The molecule has 36 heavy (non-hydrogen) atoms. The fourth-order valence-electron chi connectivity index (χ4n) is 3.70. The Hall–Kier alpha value is -3.99. The lowest BCUT2D eigenvalue weighted by atomic mass is 10.2. The first kappa shape index (κ1) is 23.7. The van der Waals surface area contributed by atoms with Gasteiger partial charge in [0.2, 0.25) is 10.0 Å². The third kappa shape index (κ3) is 5.30. The molecule has 0 aliphatic carbocycles. The van der Waals surface area contributed by atoms with Crippen LogP contribution in [0.3, 0.4) is 0 Å². The molecular weight excluding hydrogens is 500 g/mol. The van der Waals surface area contributed by atoms with Crippen molar-refractivity contribution in [3.05, 3.63) is 112 Å². The predicted octanol–water partition coefficient (Wildman–Crippen LogP) is 4.04. The van der Waals surface area contributed by atoms with Gasteiger partial charge in [-0.15, -0.1) is 0 Å². The zero-order chi connectivity index (χ0) is 25.1. The summed E-state index contributed by atoms with van der Waals surface area (Å²) in [6.45, 7) is 0.478. The Kier molecular flexibility index (Phi) is 6.55. The van der Waals surface area contributed by atoms with Crippen molar-refractivity contribution in [3.8, 4) is 0 Å². The summed E-state index contributed by atoms with van der Waals surface area (Å²) in [5.74, 6) is 0.378. The molecule has 0 saturated carbocycles. The van der Waals surface area contributed by atoms with Crippen LogP contribution in [0.5, 0.6) is 0 Å². The molecule has 0 atom stereocenters. The molecule has 2 aromatic carbocycles. The van der Waals surface area contributed by atoms with Gasteiger partial charge in [-0.1, -0.05) is 29.8 Å². The van der Waals surface area contributed by atoms with Gasteiger partial charge in [0, 0.05) is 40.6 Å². The second-order valence-electron chi connectivity index (χ2n) is 8.05. The van der Waals surface area contributed by atoms with E-state index in [-0.39, 0.29) is 17.0 Å². The zero-order valence-electron chi connectivity index (χ0n) is 18.8. The van der Waals surface area contributed by atoms with Crippen LogP contribution >= 0.6 is 11.6 Å². The van der Waals surface area contributed by atoms with Gasteiger partial charge in [-0.25, -0.2) is 18.1 Å². The summed E-state index contributed by atoms with van der Waals surface area (Å²) in [6.07, 6.45) is 3.17. The van der Waals surface area contributed by atoms with Crippen LogP contribution in [0.15, 0.2) is 94.9 Å². The van der Waals surface area contributed by atoms with Crippen molar-refractivity contribution < 1.29 is 8.42 Å². The van der Waals surface area contributed by atoms with Gasteiger partial charge in [0.15, 0.2) is 0 Å². The highest BCUT2D eigenvalue weighted by Crippen LogP contribution is 2.22. The van der Waals surface area contributed by atoms with Gasteiger partial charge in [-0.05, 0) is 48.0 Å². The third-order valence-corrected chi connectivity index (χ3v) is 7.19. The topological polar surface area (TPSA) is 122 Å². The minimum atomic E-state index is -3.82. The van der Waals surface area contributed by atoms with E-state index < -0.39 is 10.0 Å². The maximum absolute atomic E-state index is 12.9. The van der Waals surface area contributed by atoms with E-state index in [1.54, 1.807) is 35.0 Å². The standard InChI is InChI=1S/C25H21ClN6O3S/c26-18-6-9-22-21(13-18)23(31-30-22)15-28-36(34,35)20-10-11-27-24(14-20)29-19-7-4-17(5-8-19)16-32-12-2-1-3-25(32)33/h1-14,28H,15-16H2,(H,27,29)(H,30,31). The maximum atomic E-state index is 12.9. The number of fused-ring (bicyclic) bond motifs is 1. The summed E-state index contributed by atoms with van der Waals surface area (Å²) < 4.78 is 30.1. The highest BCUT2D eigenvalue weighted by atomic mass is 35.5. The van der Waals surface area contributed by atoms with Crippen molar-refractivity contribution in [2.24, 2.45) is 0 Å². The minimum absolute atomic E-state index is 0.0240. The van der Waals surface area contributed by atoms with Crippen LogP contribution in [-0.4, -0.2) is 28.2 Å². The fourth-order valence-corrected chi connectivity index (χ4v) is 4.88. The van der Waals surface area contributed by atoms with E-state index in [4.69, 9.17) is 11.6 Å². The molecule has 3 heterocycles. The molecule has 0 fully saturated rings. The molecule has 0 spiro atoms. The van der Waals surface area contributed by atoms with Crippen molar-refractivity contribution in [1.29, 1.82) is 0 Å². The van der Waals surface area contributed by atoms with Gasteiger partial charge < -0.3 is 9.88 Å². The van der Waals surface area contributed by atoms with Crippen LogP contribution in [0, 0.1) is 0 Å². The molecule has 9 nitrogen and oxygen atoms in total. The first-order valence-corrected chi connectivity index (χ1v) is 12.8. The number of benzene rings is 2. The average molecular weight is 521 g/mol. The normalized spacial score (nSPS) is 11.6. The smallest absolute Gasteiger partial charge is 0.250 e.